The van der Waals surface area contributed by atoms with Gasteiger partial charge in [-0.2, -0.15) is 5.26 Å². The smallest absolute Gasteiger partial charge is 0.242 e. The molecule has 0 saturated carbocycles. The van der Waals surface area contributed by atoms with Crippen LogP contribution in [0.3, 0.4) is 0 Å². The van der Waals surface area contributed by atoms with Gasteiger partial charge in [-0.05, 0) is 17.7 Å². The molecule has 6 nitrogen and oxygen atoms in total. The zero-order valence-corrected chi connectivity index (χ0v) is 13.0. The van der Waals surface area contributed by atoms with E-state index in [0.29, 0.717) is 6.54 Å². The standard InChI is InChI=1S/C16H15N3O3S/c17-10-14-8-4-5-9-15(14)23(21,22)19-12-16(20)18-11-13-6-2-1-3-7-13/h1-9,19H,11-12H2,(H,18,20). The Labute approximate surface area is 134 Å². The molecule has 0 radical (unpaired) electrons. The van der Waals surface area contributed by atoms with E-state index >= 15 is 0 Å². The summed E-state index contributed by atoms with van der Waals surface area (Å²) in [7, 11) is -3.91. The van der Waals surface area contributed by atoms with Crippen LogP contribution >= 0.6 is 0 Å². The summed E-state index contributed by atoms with van der Waals surface area (Å²) in [6.45, 7) is -0.0783. The number of nitriles is 1. The first-order valence-electron chi connectivity index (χ1n) is 6.82. The number of rotatable bonds is 6. The minimum atomic E-state index is -3.91. The molecule has 0 aromatic heterocycles. The molecule has 0 heterocycles. The Bertz CT molecular complexity index is 827. The van der Waals surface area contributed by atoms with Crippen LogP contribution in [0, 0.1) is 11.3 Å². The van der Waals surface area contributed by atoms with Crippen molar-refractivity contribution in [3.8, 4) is 6.07 Å². The van der Waals surface area contributed by atoms with Gasteiger partial charge >= 0.3 is 0 Å². The van der Waals surface area contributed by atoms with E-state index in [2.05, 4.69) is 10.0 Å². The lowest BCUT2D eigenvalue weighted by Gasteiger charge is -2.09. The lowest BCUT2D eigenvalue weighted by Crippen LogP contribution is -2.36. The highest BCUT2D eigenvalue weighted by atomic mass is 32.2. The predicted octanol–water partition coefficient (Wildman–Crippen LogP) is 1.15. The van der Waals surface area contributed by atoms with Crippen LogP contribution in [-0.4, -0.2) is 20.9 Å². The van der Waals surface area contributed by atoms with Gasteiger partial charge in [-0.3, -0.25) is 4.79 Å². The second kappa shape index (κ2) is 7.54. The molecule has 0 aliphatic heterocycles. The molecule has 2 aromatic carbocycles. The highest BCUT2D eigenvalue weighted by Gasteiger charge is 2.18. The molecule has 23 heavy (non-hydrogen) atoms. The van der Waals surface area contributed by atoms with Gasteiger partial charge in [0.05, 0.1) is 17.0 Å². The Hall–Kier alpha value is -2.69. The maximum atomic E-state index is 12.1. The lowest BCUT2D eigenvalue weighted by atomic mass is 10.2. The molecule has 0 spiro atoms. The average Bonchev–Trinajstić information content (AvgIpc) is 2.59. The normalized spacial score (nSPS) is 10.7. The Balaban J connectivity index is 1.94. The zero-order chi connectivity index (χ0) is 16.7. The van der Waals surface area contributed by atoms with Crippen LogP contribution in [0.25, 0.3) is 0 Å². The van der Waals surface area contributed by atoms with Crippen LogP contribution < -0.4 is 10.0 Å². The molecule has 0 atom stereocenters. The van der Waals surface area contributed by atoms with E-state index in [4.69, 9.17) is 5.26 Å². The van der Waals surface area contributed by atoms with Crippen LogP contribution in [0.4, 0.5) is 0 Å². The van der Waals surface area contributed by atoms with Crippen molar-refractivity contribution in [3.63, 3.8) is 0 Å². The topological polar surface area (TPSA) is 99.1 Å². The molecule has 0 aliphatic carbocycles. The second-order valence-electron chi connectivity index (χ2n) is 4.69. The highest BCUT2D eigenvalue weighted by Crippen LogP contribution is 2.13. The fourth-order valence-electron chi connectivity index (χ4n) is 1.89. The monoisotopic (exact) mass is 329 g/mol. The number of carbonyl (C=O) groups is 1. The molecule has 0 bridgehead atoms. The van der Waals surface area contributed by atoms with Gasteiger partial charge in [-0.25, -0.2) is 13.1 Å². The van der Waals surface area contributed by atoms with Gasteiger partial charge in [-0.1, -0.05) is 42.5 Å². The van der Waals surface area contributed by atoms with Crippen LogP contribution in [-0.2, 0) is 21.4 Å². The lowest BCUT2D eigenvalue weighted by molar-refractivity contribution is -0.120. The fourth-order valence-corrected chi connectivity index (χ4v) is 3.03. The summed E-state index contributed by atoms with van der Waals surface area (Å²) < 4.78 is 26.5. The minimum Gasteiger partial charge on any atom is -0.351 e. The van der Waals surface area contributed by atoms with E-state index in [1.807, 2.05) is 36.4 Å². The molecular formula is C16H15N3O3S. The third-order valence-electron chi connectivity index (χ3n) is 3.05. The van der Waals surface area contributed by atoms with E-state index in [9.17, 15) is 13.2 Å². The molecule has 0 fully saturated rings. The van der Waals surface area contributed by atoms with Gasteiger partial charge < -0.3 is 5.32 Å². The third kappa shape index (κ3) is 4.64. The fraction of sp³-hybridized carbons (Fsp3) is 0.125. The van der Waals surface area contributed by atoms with Crippen LogP contribution in [0.2, 0.25) is 0 Å². The summed E-state index contributed by atoms with van der Waals surface area (Å²) in [5.74, 6) is -0.452. The van der Waals surface area contributed by atoms with Crippen LogP contribution in [0.1, 0.15) is 11.1 Å². The number of hydrogen-bond acceptors (Lipinski definition) is 4. The number of amides is 1. The van der Waals surface area contributed by atoms with E-state index < -0.39 is 22.5 Å². The number of nitrogens with one attached hydrogen (secondary N) is 2. The van der Waals surface area contributed by atoms with Crippen molar-refractivity contribution in [3.05, 3.63) is 65.7 Å². The Kier molecular flexibility index (Phi) is 5.46. The number of nitrogens with zero attached hydrogens (tertiary/aromatic N) is 1. The van der Waals surface area contributed by atoms with Crippen molar-refractivity contribution in [2.75, 3.05) is 6.54 Å². The molecule has 0 unspecified atom stereocenters. The Morgan fingerprint density at radius 1 is 1.04 bits per heavy atom. The maximum absolute atomic E-state index is 12.1. The zero-order valence-electron chi connectivity index (χ0n) is 12.2. The summed E-state index contributed by atoms with van der Waals surface area (Å²) in [5, 5.41) is 11.6. The van der Waals surface area contributed by atoms with E-state index in [1.165, 1.54) is 18.2 Å². The van der Waals surface area contributed by atoms with Gasteiger partial charge in [0.2, 0.25) is 15.9 Å². The summed E-state index contributed by atoms with van der Waals surface area (Å²) in [5.41, 5.74) is 0.947. The summed E-state index contributed by atoms with van der Waals surface area (Å²) in [6, 6.07) is 16.9. The van der Waals surface area contributed by atoms with Crippen molar-refractivity contribution in [2.45, 2.75) is 11.4 Å². The summed E-state index contributed by atoms with van der Waals surface area (Å²) in [4.78, 5) is 11.6. The first-order chi connectivity index (χ1) is 11.0. The molecule has 1 amide bonds. The maximum Gasteiger partial charge on any atom is 0.242 e. The molecule has 0 aliphatic rings. The van der Waals surface area contributed by atoms with Gasteiger partial charge in [0.25, 0.3) is 0 Å². The first kappa shape index (κ1) is 16.7. The molecule has 2 rings (SSSR count). The SMILES string of the molecule is N#Cc1ccccc1S(=O)(=O)NCC(=O)NCc1ccccc1. The summed E-state index contributed by atoms with van der Waals surface area (Å²) >= 11 is 0. The predicted molar refractivity (Wildman–Crippen MR) is 84.6 cm³/mol. The molecule has 7 heteroatoms. The third-order valence-corrected chi connectivity index (χ3v) is 4.51. The average molecular weight is 329 g/mol. The number of carbonyl (C=O) groups excluding carboxylic acids is 1. The molecular weight excluding hydrogens is 314 g/mol. The van der Waals surface area contributed by atoms with Crippen molar-refractivity contribution in [1.29, 1.82) is 5.26 Å². The Morgan fingerprint density at radius 3 is 2.39 bits per heavy atom. The van der Waals surface area contributed by atoms with Crippen LogP contribution in [0.15, 0.2) is 59.5 Å². The van der Waals surface area contributed by atoms with Crippen molar-refractivity contribution in [2.24, 2.45) is 0 Å². The molecule has 0 saturated heterocycles. The molecule has 118 valence electrons. The molecule has 2 aromatic rings. The largest absolute Gasteiger partial charge is 0.351 e. The first-order valence-corrected chi connectivity index (χ1v) is 8.30. The van der Waals surface area contributed by atoms with E-state index in [1.54, 1.807) is 6.07 Å². The second-order valence-corrected chi connectivity index (χ2v) is 6.43. The van der Waals surface area contributed by atoms with Gasteiger partial charge in [0, 0.05) is 6.54 Å². The van der Waals surface area contributed by atoms with E-state index in [-0.39, 0.29) is 10.5 Å². The Morgan fingerprint density at radius 2 is 1.70 bits per heavy atom. The number of benzene rings is 2. The molecule has 2 N–H and O–H groups in total. The number of sulfonamides is 1. The number of hydrogen-bond donors (Lipinski definition) is 2. The van der Waals surface area contributed by atoms with Gasteiger partial charge in [0.1, 0.15) is 6.07 Å². The highest BCUT2D eigenvalue weighted by molar-refractivity contribution is 7.89. The quantitative estimate of drug-likeness (QED) is 0.830. The van der Waals surface area contributed by atoms with E-state index in [0.717, 1.165) is 5.56 Å². The minimum absolute atomic E-state index is 0.0321. The van der Waals surface area contributed by atoms with Gasteiger partial charge in [-0.15, -0.1) is 0 Å². The van der Waals surface area contributed by atoms with Crippen LogP contribution in [0.5, 0.6) is 0 Å². The van der Waals surface area contributed by atoms with Crippen molar-refractivity contribution in [1.82, 2.24) is 10.0 Å². The summed E-state index contributed by atoms with van der Waals surface area (Å²) in [6.07, 6.45) is 0. The van der Waals surface area contributed by atoms with Crippen molar-refractivity contribution >= 4 is 15.9 Å². The van der Waals surface area contributed by atoms with Crippen molar-refractivity contribution < 1.29 is 13.2 Å². The van der Waals surface area contributed by atoms with Gasteiger partial charge in [0.15, 0.2) is 0 Å².